The number of nitrogens with one attached hydrogen (secondary N) is 1. The molecule has 7 nitrogen and oxygen atoms in total. The number of ether oxygens (including phenoxy) is 1. The molecule has 0 aliphatic heterocycles. The Hall–Kier alpha value is -1.89. The Bertz CT molecular complexity index is 449. The summed E-state index contributed by atoms with van der Waals surface area (Å²) in [5.41, 5.74) is 6.04. The normalized spacial score (nSPS) is 12.9. The third-order valence-electron chi connectivity index (χ3n) is 1.99. The van der Waals surface area contributed by atoms with Crippen molar-refractivity contribution in [3.63, 3.8) is 0 Å². The molecule has 0 aliphatic carbocycles. The summed E-state index contributed by atoms with van der Waals surface area (Å²) < 4.78 is 10.1. The molecule has 1 unspecified atom stereocenters. The zero-order valence-electron chi connectivity index (χ0n) is 8.39. The summed E-state index contributed by atoms with van der Waals surface area (Å²) >= 11 is 0. The molecule has 1 atom stereocenters. The van der Waals surface area contributed by atoms with Crippen molar-refractivity contribution in [2.45, 2.75) is 13.0 Å². The molecule has 0 fully saturated rings. The number of anilines is 1. The van der Waals surface area contributed by atoms with Gasteiger partial charge < -0.3 is 15.0 Å². The maximum Gasteiger partial charge on any atom is 0.276 e. The summed E-state index contributed by atoms with van der Waals surface area (Å²) in [7, 11) is 1.58. The van der Waals surface area contributed by atoms with Gasteiger partial charge >= 0.3 is 0 Å². The first kappa shape index (κ1) is 9.66. The van der Waals surface area contributed by atoms with Crippen molar-refractivity contribution in [1.29, 1.82) is 0 Å². The standard InChI is InChI=1S/C8H11N5O2/c1-4(14-2)7-10-8(15-13-7)5-3-6(9)12-11-5/h3-4H,1-2H3,(H3,9,11,12). The molecule has 15 heavy (non-hydrogen) atoms. The van der Waals surface area contributed by atoms with Gasteiger partial charge in [-0.15, -0.1) is 0 Å². The monoisotopic (exact) mass is 209 g/mol. The molecule has 2 aromatic rings. The predicted molar refractivity (Wildman–Crippen MR) is 51.7 cm³/mol. The largest absolute Gasteiger partial charge is 0.382 e. The van der Waals surface area contributed by atoms with E-state index >= 15 is 0 Å². The van der Waals surface area contributed by atoms with Crippen LogP contribution in [0, 0.1) is 0 Å². The van der Waals surface area contributed by atoms with Crippen LogP contribution in [-0.2, 0) is 4.74 Å². The molecule has 0 spiro atoms. The van der Waals surface area contributed by atoms with Crippen molar-refractivity contribution in [1.82, 2.24) is 20.3 Å². The van der Waals surface area contributed by atoms with Gasteiger partial charge in [-0.3, -0.25) is 5.10 Å². The minimum Gasteiger partial charge on any atom is -0.382 e. The highest BCUT2D eigenvalue weighted by Crippen LogP contribution is 2.19. The van der Waals surface area contributed by atoms with Gasteiger partial charge in [0.25, 0.3) is 5.89 Å². The second-order valence-corrected chi connectivity index (χ2v) is 3.04. The number of nitrogens with zero attached hydrogens (tertiary/aromatic N) is 3. The van der Waals surface area contributed by atoms with E-state index in [0.717, 1.165) is 0 Å². The lowest BCUT2D eigenvalue weighted by atomic mass is 10.4. The molecule has 0 amide bonds. The van der Waals surface area contributed by atoms with E-state index in [-0.39, 0.29) is 6.10 Å². The first-order valence-electron chi connectivity index (χ1n) is 4.38. The van der Waals surface area contributed by atoms with Crippen LogP contribution in [0.15, 0.2) is 10.6 Å². The average molecular weight is 209 g/mol. The van der Waals surface area contributed by atoms with Crippen LogP contribution in [0.4, 0.5) is 5.82 Å². The molecular formula is C8H11N5O2. The highest BCUT2D eigenvalue weighted by Gasteiger charge is 2.15. The second-order valence-electron chi connectivity index (χ2n) is 3.04. The Labute approximate surface area is 85.6 Å². The molecule has 7 heteroatoms. The minimum atomic E-state index is -0.206. The van der Waals surface area contributed by atoms with Gasteiger partial charge in [0.2, 0.25) is 5.82 Å². The summed E-state index contributed by atoms with van der Waals surface area (Å²) in [5, 5.41) is 10.2. The zero-order chi connectivity index (χ0) is 10.8. The zero-order valence-corrected chi connectivity index (χ0v) is 8.39. The SMILES string of the molecule is COC(C)c1noc(-c2cc(N)n[nH]2)n1. The quantitative estimate of drug-likeness (QED) is 0.773. The van der Waals surface area contributed by atoms with Crippen LogP contribution in [-0.4, -0.2) is 27.4 Å². The predicted octanol–water partition coefficient (Wildman–Crippen LogP) is 0.749. The van der Waals surface area contributed by atoms with Crippen LogP contribution >= 0.6 is 0 Å². The third-order valence-corrected chi connectivity index (χ3v) is 1.99. The van der Waals surface area contributed by atoms with Crippen LogP contribution in [0.3, 0.4) is 0 Å². The number of nitrogen functional groups attached to an aromatic ring is 1. The smallest absolute Gasteiger partial charge is 0.276 e. The Kier molecular flexibility index (Phi) is 2.38. The Morgan fingerprint density at radius 3 is 3.00 bits per heavy atom. The fourth-order valence-electron chi connectivity index (χ4n) is 1.06. The molecule has 0 aliphatic rings. The van der Waals surface area contributed by atoms with E-state index < -0.39 is 0 Å². The van der Waals surface area contributed by atoms with Crippen LogP contribution in [0.25, 0.3) is 11.6 Å². The minimum absolute atomic E-state index is 0.206. The fourth-order valence-corrected chi connectivity index (χ4v) is 1.06. The molecular weight excluding hydrogens is 198 g/mol. The van der Waals surface area contributed by atoms with Crippen LogP contribution in [0.1, 0.15) is 18.9 Å². The maximum atomic E-state index is 5.45. The summed E-state index contributed by atoms with van der Waals surface area (Å²) in [6.45, 7) is 1.83. The molecule has 0 saturated heterocycles. The van der Waals surface area contributed by atoms with E-state index in [9.17, 15) is 0 Å². The first-order chi connectivity index (χ1) is 7.20. The third kappa shape index (κ3) is 1.82. The Morgan fingerprint density at radius 2 is 2.40 bits per heavy atom. The van der Waals surface area contributed by atoms with Gasteiger partial charge in [-0.25, -0.2) is 0 Å². The average Bonchev–Trinajstić information content (AvgIpc) is 2.84. The van der Waals surface area contributed by atoms with E-state index in [2.05, 4.69) is 20.3 Å². The lowest BCUT2D eigenvalue weighted by Crippen LogP contribution is -1.97. The lowest BCUT2D eigenvalue weighted by molar-refractivity contribution is 0.109. The first-order valence-corrected chi connectivity index (χ1v) is 4.38. The Balaban J connectivity index is 2.27. The van der Waals surface area contributed by atoms with Crippen molar-refractivity contribution in [3.05, 3.63) is 11.9 Å². The summed E-state index contributed by atoms with van der Waals surface area (Å²) in [6.07, 6.45) is -0.206. The van der Waals surface area contributed by atoms with Gasteiger partial charge in [-0.05, 0) is 6.92 Å². The van der Waals surface area contributed by atoms with Gasteiger partial charge in [-0.1, -0.05) is 5.16 Å². The number of hydrogen-bond donors (Lipinski definition) is 2. The molecule has 0 aromatic carbocycles. The molecule has 0 bridgehead atoms. The molecule has 80 valence electrons. The highest BCUT2D eigenvalue weighted by atomic mass is 16.5. The number of methoxy groups -OCH3 is 1. The number of aromatic amines is 1. The topological polar surface area (TPSA) is 103 Å². The van der Waals surface area contributed by atoms with E-state index in [1.165, 1.54) is 0 Å². The summed E-state index contributed by atoms with van der Waals surface area (Å²) in [6, 6.07) is 1.62. The van der Waals surface area contributed by atoms with Crippen LogP contribution in [0.2, 0.25) is 0 Å². The van der Waals surface area contributed by atoms with Crippen molar-refractivity contribution in [2.24, 2.45) is 0 Å². The second kappa shape index (κ2) is 3.70. The molecule has 0 radical (unpaired) electrons. The van der Waals surface area contributed by atoms with Crippen molar-refractivity contribution in [2.75, 3.05) is 12.8 Å². The van der Waals surface area contributed by atoms with E-state index in [1.807, 2.05) is 6.92 Å². The molecule has 2 heterocycles. The van der Waals surface area contributed by atoms with Crippen LogP contribution < -0.4 is 5.73 Å². The highest BCUT2D eigenvalue weighted by molar-refractivity contribution is 5.51. The molecule has 3 N–H and O–H groups in total. The summed E-state index contributed by atoms with van der Waals surface area (Å²) in [5.74, 6) is 1.21. The van der Waals surface area contributed by atoms with Gasteiger partial charge in [0.05, 0.1) is 0 Å². The van der Waals surface area contributed by atoms with E-state index in [1.54, 1.807) is 13.2 Å². The maximum absolute atomic E-state index is 5.45. The number of nitrogens with two attached hydrogens (primary N) is 1. The molecule has 0 saturated carbocycles. The molecule has 2 aromatic heterocycles. The van der Waals surface area contributed by atoms with Gasteiger partial charge in [0, 0.05) is 13.2 Å². The Morgan fingerprint density at radius 1 is 1.60 bits per heavy atom. The van der Waals surface area contributed by atoms with Gasteiger partial charge in [-0.2, -0.15) is 10.1 Å². The van der Waals surface area contributed by atoms with Gasteiger partial charge in [0.1, 0.15) is 17.6 Å². The number of rotatable bonds is 3. The van der Waals surface area contributed by atoms with Crippen LogP contribution in [0.5, 0.6) is 0 Å². The van der Waals surface area contributed by atoms with Gasteiger partial charge in [0.15, 0.2) is 0 Å². The lowest BCUT2D eigenvalue weighted by Gasteiger charge is -2.00. The number of aromatic nitrogens is 4. The van der Waals surface area contributed by atoms with Crippen molar-refractivity contribution in [3.8, 4) is 11.6 Å². The number of hydrogen-bond acceptors (Lipinski definition) is 6. The van der Waals surface area contributed by atoms with Crippen molar-refractivity contribution >= 4 is 5.82 Å². The van der Waals surface area contributed by atoms with E-state index in [4.69, 9.17) is 15.0 Å². The fraction of sp³-hybridized carbons (Fsp3) is 0.375. The van der Waals surface area contributed by atoms with E-state index in [0.29, 0.717) is 23.2 Å². The number of H-pyrrole nitrogens is 1. The van der Waals surface area contributed by atoms with Crippen molar-refractivity contribution < 1.29 is 9.26 Å². The summed E-state index contributed by atoms with van der Waals surface area (Å²) in [4.78, 5) is 4.14. The molecule has 2 rings (SSSR count).